The fourth-order valence-corrected chi connectivity index (χ4v) is 5.22. The molecule has 1 aliphatic carbocycles. The molecule has 0 radical (unpaired) electrons. The van der Waals surface area contributed by atoms with E-state index < -0.39 is 42.3 Å². The highest BCUT2D eigenvalue weighted by molar-refractivity contribution is 5.83. The summed E-state index contributed by atoms with van der Waals surface area (Å²) >= 11 is 0. The van der Waals surface area contributed by atoms with Gasteiger partial charge in [-0.2, -0.15) is 0 Å². The Morgan fingerprint density at radius 1 is 1.21 bits per heavy atom. The van der Waals surface area contributed by atoms with Crippen molar-refractivity contribution in [2.75, 3.05) is 25.8 Å². The van der Waals surface area contributed by atoms with Crippen LogP contribution in [0, 0.1) is 18.3 Å². The predicted molar refractivity (Wildman–Crippen MR) is 140 cm³/mol. The molecule has 1 N–H and O–H groups in total. The summed E-state index contributed by atoms with van der Waals surface area (Å²) in [5.74, 6) is 0.455. The number of rotatable bonds is 9. The van der Waals surface area contributed by atoms with Crippen LogP contribution in [0.3, 0.4) is 0 Å². The molecule has 2 aliphatic rings. The number of fused-ring (bicyclic) bond motifs is 1. The molecule has 0 unspecified atom stereocenters. The zero-order valence-corrected chi connectivity index (χ0v) is 23.7. The molecule has 4 atom stereocenters. The van der Waals surface area contributed by atoms with E-state index >= 15 is 4.39 Å². The summed E-state index contributed by atoms with van der Waals surface area (Å²) in [6.07, 6.45) is 3.84. The second-order valence-electron chi connectivity index (χ2n) is 11.6. The molecule has 11 nitrogen and oxygen atoms in total. The van der Waals surface area contributed by atoms with Gasteiger partial charge < -0.3 is 24.3 Å². The van der Waals surface area contributed by atoms with Gasteiger partial charge in [0.1, 0.15) is 24.6 Å². The van der Waals surface area contributed by atoms with Crippen LogP contribution in [0.1, 0.15) is 78.3 Å². The van der Waals surface area contributed by atoms with Crippen LogP contribution in [0.25, 0.3) is 11.2 Å². The molecule has 0 amide bonds. The van der Waals surface area contributed by atoms with Gasteiger partial charge in [-0.05, 0) is 53.4 Å². The topological polar surface area (TPSA) is 127 Å². The smallest absolute Gasteiger partial charge is 0.313 e. The van der Waals surface area contributed by atoms with Gasteiger partial charge in [-0.3, -0.25) is 14.2 Å². The molecule has 216 valence electrons. The number of aryl methyl sites for hydroxylation is 1. The first-order valence-corrected chi connectivity index (χ1v) is 13.6. The molecular formula is C27H40FN5O6. The zero-order valence-electron chi connectivity index (χ0n) is 23.7. The number of anilines is 1. The fourth-order valence-electron chi connectivity index (χ4n) is 5.22. The van der Waals surface area contributed by atoms with Crippen molar-refractivity contribution in [2.45, 2.75) is 97.2 Å². The lowest BCUT2D eigenvalue weighted by atomic mass is 9.87. The number of imidazole rings is 1. The average molecular weight is 550 g/mol. The predicted octanol–water partition coefficient (Wildman–Crippen LogP) is 4.25. The van der Waals surface area contributed by atoms with Crippen molar-refractivity contribution < 1.29 is 32.9 Å². The molecule has 0 bridgehead atoms. The summed E-state index contributed by atoms with van der Waals surface area (Å²) in [6, 6.07) is 0. The number of nitrogens with zero attached hydrogens (tertiary/aromatic N) is 4. The SMILES string of the molecule is CNc1nc(C)nc2c1ncn2[C@@H]1O[C@H](COC(=O)CC2CCCCC2)[C@@H](OCOC(=O)C(C)(C)C)[C@@]1(C)F. The Hall–Kier alpha value is -2.86. The minimum atomic E-state index is -2.12. The lowest BCUT2D eigenvalue weighted by Gasteiger charge is -2.28. The molecule has 0 aromatic carbocycles. The number of hydrogen-bond acceptors (Lipinski definition) is 10. The highest BCUT2D eigenvalue weighted by atomic mass is 19.1. The van der Waals surface area contributed by atoms with Crippen LogP contribution in [0.15, 0.2) is 6.33 Å². The highest BCUT2D eigenvalue weighted by Crippen LogP contribution is 2.44. The van der Waals surface area contributed by atoms with E-state index in [1.54, 1.807) is 34.7 Å². The molecule has 12 heteroatoms. The zero-order chi connectivity index (χ0) is 28.4. The van der Waals surface area contributed by atoms with E-state index in [-0.39, 0.29) is 12.6 Å². The van der Waals surface area contributed by atoms with Gasteiger partial charge in [-0.1, -0.05) is 19.3 Å². The normalized spacial score (nSPS) is 26.1. The lowest BCUT2D eigenvalue weighted by Crippen LogP contribution is -2.44. The highest BCUT2D eigenvalue weighted by Gasteiger charge is 2.57. The van der Waals surface area contributed by atoms with Crippen molar-refractivity contribution in [3.05, 3.63) is 12.2 Å². The molecule has 2 fully saturated rings. The lowest BCUT2D eigenvalue weighted by molar-refractivity contribution is -0.180. The molecule has 2 aromatic heterocycles. The second-order valence-corrected chi connectivity index (χ2v) is 11.6. The number of esters is 2. The van der Waals surface area contributed by atoms with Crippen molar-refractivity contribution in [1.29, 1.82) is 0 Å². The van der Waals surface area contributed by atoms with E-state index in [0.29, 0.717) is 35.1 Å². The van der Waals surface area contributed by atoms with E-state index in [1.807, 2.05) is 0 Å². The number of alkyl halides is 1. The van der Waals surface area contributed by atoms with Gasteiger partial charge in [-0.15, -0.1) is 0 Å². The monoisotopic (exact) mass is 549 g/mol. The maximum Gasteiger partial charge on any atom is 0.313 e. The van der Waals surface area contributed by atoms with Crippen LogP contribution in [0.2, 0.25) is 0 Å². The van der Waals surface area contributed by atoms with Crippen molar-refractivity contribution >= 4 is 28.9 Å². The maximum atomic E-state index is 16.6. The number of aromatic nitrogens is 4. The van der Waals surface area contributed by atoms with Gasteiger partial charge in [0.2, 0.25) is 0 Å². The van der Waals surface area contributed by atoms with E-state index in [9.17, 15) is 9.59 Å². The average Bonchev–Trinajstić information content (AvgIpc) is 3.39. The summed E-state index contributed by atoms with van der Waals surface area (Å²) in [4.78, 5) is 38.0. The number of halogens is 1. The van der Waals surface area contributed by atoms with Crippen LogP contribution < -0.4 is 5.32 Å². The first-order chi connectivity index (χ1) is 18.4. The van der Waals surface area contributed by atoms with Gasteiger partial charge >= 0.3 is 11.9 Å². The van der Waals surface area contributed by atoms with Gasteiger partial charge in [0.05, 0.1) is 11.7 Å². The largest absolute Gasteiger partial charge is 0.463 e. The minimum Gasteiger partial charge on any atom is -0.463 e. The molecule has 1 saturated carbocycles. The number of carbonyl (C=O) groups is 2. The van der Waals surface area contributed by atoms with Gasteiger partial charge in [0.15, 0.2) is 35.7 Å². The molecule has 4 rings (SSSR count). The van der Waals surface area contributed by atoms with E-state index in [4.69, 9.17) is 18.9 Å². The molecule has 0 spiro atoms. The third-order valence-electron chi connectivity index (χ3n) is 7.34. The number of ether oxygens (including phenoxy) is 4. The van der Waals surface area contributed by atoms with Crippen molar-refractivity contribution in [3.63, 3.8) is 0 Å². The van der Waals surface area contributed by atoms with E-state index in [0.717, 1.165) is 25.7 Å². The van der Waals surface area contributed by atoms with E-state index in [2.05, 4.69) is 20.3 Å². The minimum absolute atomic E-state index is 0.206. The van der Waals surface area contributed by atoms with Crippen molar-refractivity contribution in [2.24, 2.45) is 11.3 Å². The Labute approximate surface area is 228 Å². The first kappa shape index (κ1) is 29.1. The Kier molecular flexibility index (Phi) is 8.75. The number of carbonyl (C=O) groups excluding carboxylic acids is 2. The molecule has 1 saturated heterocycles. The van der Waals surface area contributed by atoms with E-state index in [1.165, 1.54) is 24.2 Å². The van der Waals surface area contributed by atoms with Crippen molar-refractivity contribution in [3.8, 4) is 0 Å². The Bertz CT molecular complexity index is 1170. The summed E-state index contributed by atoms with van der Waals surface area (Å²) in [6.45, 7) is 7.53. The Morgan fingerprint density at radius 3 is 2.59 bits per heavy atom. The molecule has 2 aromatic rings. The quantitative estimate of drug-likeness (QED) is 0.358. The first-order valence-electron chi connectivity index (χ1n) is 13.6. The van der Waals surface area contributed by atoms with Gasteiger partial charge in [-0.25, -0.2) is 19.3 Å². The fraction of sp³-hybridized carbons (Fsp3) is 0.741. The van der Waals surface area contributed by atoms with Crippen LogP contribution in [0.4, 0.5) is 10.2 Å². The molecule has 39 heavy (non-hydrogen) atoms. The third-order valence-corrected chi connectivity index (χ3v) is 7.34. The third kappa shape index (κ3) is 6.49. The Morgan fingerprint density at radius 2 is 1.92 bits per heavy atom. The molecule has 3 heterocycles. The number of hydrogen-bond donors (Lipinski definition) is 1. The van der Waals surface area contributed by atoms with Crippen LogP contribution in [-0.4, -0.2) is 69.8 Å². The van der Waals surface area contributed by atoms with Crippen LogP contribution >= 0.6 is 0 Å². The van der Waals surface area contributed by atoms with Gasteiger partial charge in [0, 0.05) is 13.5 Å². The second kappa shape index (κ2) is 11.7. The van der Waals surface area contributed by atoms with Crippen LogP contribution in [-0.2, 0) is 28.5 Å². The Balaban J connectivity index is 1.54. The molecule has 1 aliphatic heterocycles. The summed E-state index contributed by atoms with van der Waals surface area (Å²) in [5.41, 5.74) is -2.03. The standard InChI is InChI=1S/C27H40FN5O6/c1-16-31-22(29-6)20-23(32-16)33(14-30-20)24-27(5,28)21(37-15-38-25(35)26(2,3)4)18(39-24)13-36-19(34)12-17-10-8-7-9-11-17/h14,17-18,21,24H,7-13,15H2,1-6H3,(H,29,31,32)/t18-,21-,24-,27-/m1/s1. The molecular weight excluding hydrogens is 509 g/mol. The summed E-state index contributed by atoms with van der Waals surface area (Å²) in [5, 5.41) is 2.98. The van der Waals surface area contributed by atoms with Crippen molar-refractivity contribution in [1.82, 2.24) is 19.5 Å². The maximum absolute atomic E-state index is 16.6. The summed E-state index contributed by atoms with van der Waals surface area (Å²) in [7, 11) is 1.71. The van der Waals surface area contributed by atoms with Gasteiger partial charge in [0.25, 0.3) is 0 Å². The van der Waals surface area contributed by atoms with Crippen LogP contribution in [0.5, 0.6) is 0 Å². The number of nitrogens with one attached hydrogen (secondary N) is 1. The summed E-state index contributed by atoms with van der Waals surface area (Å²) < 4.78 is 40.8.